The van der Waals surface area contributed by atoms with Crippen LogP contribution >= 0.6 is 0 Å². The summed E-state index contributed by atoms with van der Waals surface area (Å²) in [5.74, 6) is -1.85. The Kier molecular flexibility index (Phi) is 21.5. The van der Waals surface area contributed by atoms with Gasteiger partial charge in [0.2, 0.25) is 0 Å². The molecule has 0 saturated carbocycles. The van der Waals surface area contributed by atoms with Crippen molar-refractivity contribution in [1.29, 1.82) is 0 Å². The van der Waals surface area contributed by atoms with Crippen LogP contribution in [0.4, 0.5) is 0 Å². The molecule has 3 saturated heterocycles. The third-order valence-corrected chi connectivity index (χ3v) is 13.2. The number of allylic oxidation sites excluding steroid dienone is 2. The predicted molar refractivity (Wildman–Crippen MR) is 240 cm³/mol. The van der Waals surface area contributed by atoms with Gasteiger partial charge in [-0.3, -0.25) is 9.59 Å². The molecule has 17 heteroatoms. The van der Waals surface area contributed by atoms with Crippen LogP contribution in [0, 0.1) is 17.8 Å². The molecule has 0 spiro atoms. The number of carbonyl (C=O) groups is 3. The summed E-state index contributed by atoms with van der Waals surface area (Å²) in [6.07, 6.45) is -1.52. The van der Waals surface area contributed by atoms with Gasteiger partial charge in [0.05, 0.1) is 49.1 Å². The number of esters is 2. The summed E-state index contributed by atoms with van der Waals surface area (Å²) in [4.78, 5) is 42.3. The molecule has 0 amide bonds. The van der Waals surface area contributed by atoms with Crippen LogP contribution in [0.25, 0.3) is 0 Å². The van der Waals surface area contributed by atoms with Crippen molar-refractivity contribution in [2.75, 3.05) is 35.3 Å². The van der Waals surface area contributed by atoms with Gasteiger partial charge in [-0.2, -0.15) is 0 Å². The number of nitrogens with zero attached hydrogens (tertiary/aromatic N) is 2. The molecular weight excluding hydrogens is 845 g/mol. The van der Waals surface area contributed by atoms with E-state index in [1.807, 2.05) is 66.1 Å². The number of methoxy groups -OCH3 is 1. The van der Waals surface area contributed by atoms with E-state index in [2.05, 4.69) is 4.90 Å². The highest BCUT2D eigenvalue weighted by Crippen LogP contribution is 2.38. The standard InChI is InChI=1S/C48H82N2O15/c1-27(2)23-37(53)63-46-32(7)60-40(26-48(46,8)56)64-43-31(6)61-47(42(55)41(43)50(11)12)65-44-33(21-22-51)24-28(3)36(62-39-20-19-34(49(9)10)30(5)59-39)18-16-14-15-17-29(4)58-38(54)25-35(52)45(44)57-13/h14-16,18,22,27-36,39-47,52,55-56H,17,19-21,23-26H2,1-13H3/b15-14+,18-16+/t28?,29?,30-,31-,32+,33?,34+,35?,36?,39+,40+,41-,42+,43-,44?,45?,46+,47+,48-/m1/s1. The van der Waals surface area contributed by atoms with Crippen molar-refractivity contribution in [2.45, 2.75) is 210 Å². The molecule has 0 bridgehead atoms. The van der Waals surface area contributed by atoms with Crippen LogP contribution in [0.2, 0.25) is 0 Å². The molecule has 19 atom stereocenters. The smallest absolute Gasteiger partial charge is 0.308 e. The van der Waals surface area contributed by atoms with E-state index in [1.165, 1.54) is 7.11 Å². The van der Waals surface area contributed by atoms with Crippen molar-refractivity contribution in [3.8, 4) is 0 Å². The summed E-state index contributed by atoms with van der Waals surface area (Å²) in [6, 6.07) is -0.506. The first kappa shape index (κ1) is 55.2. The molecule has 0 radical (unpaired) electrons. The Morgan fingerprint density at radius 1 is 0.908 bits per heavy atom. The molecule has 3 fully saturated rings. The zero-order valence-corrected chi connectivity index (χ0v) is 41.1. The second-order valence-electron chi connectivity index (χ2n) is 19.9. The van der Waals surface area contributed by atoms with E-state index in [4.69, 9.17) is 42.6 Å². The summed E-state index contributed by atoms with van der Waals surface area (Å²) < 4.78 is 56.3. The molecule has 0 aliphatic carbocycles. The number of cyclic esters (lactones) is 1. The van der Waals surface area contributed by atoms with Crippen LogP contribution in [-0.2, 0) is 57.0 Å². The molecule has 0 aromatic rings. The van der Waals surface area contributed by atoms with Gasteiger partial charge < -0.3 is 72.5 Å². The van der Waals surface area contributed by atoms with Gasteiger partial charge in [0.1, 0.15) is 36.3 Å². The number of aliphatic hydroxyl groups excluding tert-OH is 2. The summed E-state index contributed by atoms with van der Waals surface area (Å²) in [5.41, 5.74) is -1.49. The van der Waals surface area contributed by atoms with Crippen LogP contribution in [0.5, 0.6) is 0 Å². The van der Waals surface area contributed by atoms with Crippen molar-refractivity contribution in [2.24, 2.45) is 17.8 Å². The van der Waals surface area contributed by atoms with Gasteiger partial charge in [0.25, 0.3) is 0 Å². The number of hydrogen-bond donors (Lipinski definition) is 3. The van der Waals surface area contributed by atoms with E-state index in [1.54, 1.807) is 46.7 Å². The maximum atomic E-state index is 13.2. The van der Waals surface area contributed by atoms with Crippen LogP contribution in [-0.4, -0.2) is 182 Å². The van der Waals surface area contributed by atoms with Crippen LogP contribution in [0.15, 0.2) is 24.3 Å². The van der Waals surface area contributed by atoms with E-state index in [0.29, 0.717) is 19.3 Å². The fourth-order valence-electron chi connectivity index (χ4n) is 9.84. The van der Waals surface area contributed by atoms with E-state index >= 15 is 0 Å². The minimum Gasteiger partial charge on any atom is -0.462 e. The molecular formula is C48H82N2O15. The Morgan fingerprint density at radius 3 is 2.20 bits per heavy atom. The summed E-state index contributed by atoms with van der Waals surface area (Å²) >= 11 is 0. The fraction of sp³-hybridized carbons (Fsp3) is 0.854. The number of likely N-dealkylation sites (N-methyl/N-ethyl adjacent to an activating group) is 2. The predicted octanol–water partition coefficient (Wildman–Crippen LogP) is 3.92. The van der Waals surface area contributed by atoms with Crippen molar-refractivity contribution in [3.05, 3.63) is 24.3 Å². The lowest BCUT2D eigenvalue weighted by atomic mass is 9.82. The normalized spacial score (nSPS) is 42.7. The number of carbonyl (C=O) groups excluding carboxylic acids is 3. The van der Waals surface area contributed by atoms with Gasteiger partial charge in [0, 0.05) is 38.8 Å². The Hall–Kier alpha value is -2.39. The molecule has 4 aliphatic heterocycles. The molecule has 4 heterocycles. The zero-order chi connectivity index (χ0) is 48.3. The highest BCUT2D eigenvalue weighted by molar-refractivity contribution is 5.70. The highest BCUT2D eigenvalue weighted by atomic mass is 16.7. The second-order valence-corrected chi connectivity index (χ2v) is 19.9. The Balaban J connectivity index is 1.63. The van der Waals surface area contributed by atoms with Gasteiger partial charge in [-0.1, -0.05) is 45.1 Å². The van der Waals surface area contributed by atoms with Crippen LogP contribution < -0.4 is 0 Å². The molecule has 0 aromatic heterocycles. The van der Waals surface area contributed by atoms with E-state index in [9.17, 15) is 29.7 Å². The first-order chi connectivity index (χ1) is 30.6. The van der Waals surface area contributed by atoms with Crippen molar-refractivity contribution < 1.29 is 72.3 Å². The molecule has 4 aliphatic rings. The van der Waals surface area contributed by atoms with Crippen LogP contribution in [0.1, 0.15) is 107 Å². The average molecular weight is 927 g/mol. The second kappa shape index (κ2) is 25.3. The molecule has 17 nitrogen and oxygen atoms in total. The van der Waals surface area contributed by atoms with Gasteiger partial charge in [-0.25, -0.2) is 0 Å². The minimum atomic E-state index is -1.49. The Morgan fingerprint density at radius 2 is 1.60 bits per heavy atom. The van der Waals surface area contributed by atoms with Gasteiger partial charge in [-0.05, 0) is 99.8 Å². The molecule has 3 N–H and O–H groups in total. The van der Waals surface area contributed by atoms with Crippen molar-refractivity contribution in [3.63, 3.8) is 0 Å². The lowest BCUT2D eigenvalue weighted by Crippen LogP contribution is -2.66. The SMILES string of the molecule is COC1C(O)CC(=O)OC(C)C/C=C/C=C/C(O[C@H]2CC[C@H](N(C)C)[C@@H](C)O2)C(C)CC(CC=O)C1O[C@@H]1O[C@H](C)[C@@H](O[C@H]2C[C@@](C)(O)[C@@H](OC(=O)CC(C)C)[C@H](C)O2)[C@H](N(C)C)[C@@H]1O. The minimum absolute atomic E-state index is 0.0208. The number of ether oxygens (including phenoxy) is 9. The first-order valence-corrected chi connectivity index (χ1v) is 23.6. The average Bonchev–Trinajstić information content (AvgIpc) is 3.19. The van der Waals surface area contributed by atoms with E-state index in [0.717, 1.165) is 12.7 Å². The summed E-state index contributed by atoms with van der Waals surface area (Å²) in [7, 11) is 9.03. The Bertz CT molecular complexity index is 1540. The number of rotatable bonds is 14. The number of aliphatic hydroxyl groups is 3. The summed E-state index contributed by atoms with van der Waals surface area (Å²) in [6.45, 7) is 14.7. The molecule has 374 valence electrons. The van der Waals surface area contributed by atoms with E-state index < -0.39 is 116 Å². The van der Waals surface area contributed by atoms with Crippen LogP contribution in [0.3, 0.4) is 0 Å². The first-order valence-electron chi connectivity index (χ1n) is 23.6. The maximum absolute atomic E-state index is 13.2. The highest BCUT2D eigenvalue weighted by Gasteiger charge is 2.53. The van der Waals surface area contributed by atoms with Crippen molar-refractivity contribution >= 4 is 18.2 Å². The number of hydrogen-bond acceptors (Lipinski definition) is 17. The maximum Gasteiger partial charge on any atom is 0.308 e. The molecule has 0 aromatic carbocycles. The fourth-order valence-corrected chi connectivity index (χ4v) is 9.84. The lowest BCUT2D eigenvalue weighted by molar-refractivity contribution is -0.344. The molecule has 4 rings (SSSR count). The third kappa shape index (κ3) is 15.6. The molecule has 7 unspecified atom stereocenters. The summed E-state index contributed by atoms with van der Waals surface area (Å²) in [5, 5.41) is 35.5. The zero-order valence-electron chi connectivity index (χ0n) is 41.1. The van der Waals surface area contributed by atoms with Gasteiger partial charge in [-0.15, -0.1) is 0 Å². The van der Waals surface area contributed by atoms with Gasteiger partial charge >= 0.3 is 11.9 Å². The lowest BCUT2D eigenvalue weighted by Gasteiger charge is -2.50. The quantitative estimate of drug-likeness (QED) is 0.167. The number of aldehydes is 1. The Labute approximate surface area is 387 Å². The van der Waals surface area contributed by atoms with E-state index in [-0.39, 0.29) is 43.2 Å². The monoisotopic (exact) mass is 927 g/mol. The third-order valence-electron chi connectivity index (χ3n) is 13.2. The van der Waals surface area contributed by atoms with Gasteiger partial charge in [0.15, 0.2) is 25.0 Å². The molecule has 65 heavy (non-hydrogen) atoms. The largest absolute Gasteiger partial charge is 0.462 e. The van der Waals surface area contributed by atoms with Crippen molar-refractivity contribution in [1.82, 2.24) is 9.80 Å². The topological polar surface area (TPSA) is 201 Å².